The van der Waals surface area contributed by atoms with Crippen molar-refractivity contribution in [2.45, 2.75) is 45.2 Å². The van der Waals surface area contributed by atoms with Crippen LogP contribution >= 0.6 is 0 Å². The number of carbonyl (C=O) groups is 3. The zero-order chi connectivity index (χ0) is 15.8. The minimum atomic E-state index is -0.713. The quantitative estimate of drug-likeness (QED) is 0.302. The topological polar surface area (TPSA) is 120 Å². The molecule has 0 aliphatic carbocycles. The molecule has 0 unspecified atom stereocenters. The molecule has 0 aromatic rings. The van der Waals surface area contributed by atoms with Gasteiger partial charge in [0.25, 0.3) is 5.91 Å². The summed E-state index contributed by atoms with van der Waals surface area (Å²) in [6.45, 7) is 4.36. The molecule has 8 nitrogen and oxygen atoms in total. The SMILES string of the molecule is CC(C)C[C@H](NC(=O)[C@H]1CCCN1)C(=O)NCC(=O)NO. The Morgan fingerprint density at radius 3 is 2.57 bits per heavy atom. The van der Waals surface area contributed by atoms with Crippen LogP contribution in [0.2, 0.25) is 0 Å². The van der Waals surface area contributed by atoms with Gasteiger partial charge in [0.05, 0.1) is 12.6 Å². The van der Waals surface area contributed by atoms with Gasteiger partial charge in [-0.3, -0.25) is 19.6 Å². The van der Waals surface area contributed by atoms with Crippen LogP contribution in [0.1, 0.15) is 33.1 Å². The summed E-state index contributed by atoms with van der Waals surface area (Å²) in [5, 5.41) is 16.6. The molecule has 3 amide bonds. The Morgan fingerprint density at radius 2 is 2.05 bits per heavy atom. The Kier molecular flexibility index (Phi) is 7.10. The van der Waals surface area contributed by atoms with Gasteiger partial charge in [-0.2, -0.15) is 0 Å². The summed E-state index contributed by atoms with van der Waals surface area (Å²) >= 11 is 0. The predicted octanol–water partition coefficient (Wildman–Crippen LogP) is -1.11. The molecule has 0 radical (unpaired) electrons. The molecule has 1 saturated heterocycles. The molecule has 1 fully saturated rings. The number of rotatable bonds is 7. The van der Waals surface area contributed by atoms with Gasteiger partial charge in [0.2, 0.25) is 11.8 Å². The van der Waals surface area contributed by atoms with E-state index in [4.69, 9.17) is 5.21 Å². The number of hydrogen-bond acceptors (Lipinski definition) is 5. The second-order valence-electron chi connectivity index (χ2n) is 5.59. The molecule has 0 spiro atoms. The predicted molar refractivity (Wildman–Crippen MR) is 75.3 cm³/mol. The van der Waals surface area contributed by atoms with Gasteiger partial charge in [-0.15, -0.1) is 0 Å². The third-order valence-corrected chi connectivity index (χ3v) is 3.26. The van der Waals surface area contributed by atoms with Crippen LogP contribution in [0.15, 0.2) is 0 Å². The molecule has 0 aromatic heterocycles. The third kappa shape index (κ3) is 6.09. The lowest BCUT2D eigenvalue weighted by Crippen LogP contribution is -2.52. The second kappa shape index (κ2) is 8.58. The van der Waals surface area contributed by atoms with Gasteiger partial charge in [-0.25, -0.2) is 5.48 Å². The van der Waals surface area contributed by atoms with Crippen LogP contribution in [0, 0.1) is 5.92 Å². The third-order valence-electron chi connectivity index (χ3n) is 3.26. The Labute approximate surface area is 124 Å². The van der Waals surface area contributed by atoms with Gasteiger partial charge in [0.1, 0.15) is 6.04 Å². The van der Waals surface area contributed by atoms with Crippen molar-refractivity contribution in [2.75, 3.05) is 13.1 Å². The normalized spacial score (nSPS) is 19.1. The molecule has 8 heteroatoms. The van der Waals surface area contributed by atoms with E-state index in [-0.39, 0.29) is 24.4 Å². The molecule has 2 atom stereocenters. The van der Waals surface area contributed by atoms with Gasteiger partial charge in [-0.05, 0) is 31.7 Å². The van der Waals surface area contributed by atoms with Crippen molar-refractivity contribution in [1.82, 2.24) is 21.4 Å². The standard InChI is InChI=1S/C13H24N4O4/c1-8(2)6-10(12(19)15-7-11(18)17-21)16-13(20)9-4-3-5-14-9/h8-10,14,21H,3-7H2,1-2H3,(H,15,19)(H,16,20)(H,17,18)/t9-,10+/m1/s1. The monoisotopic (exact) mass is 300 g/mol. The first-order valence-electron chi connectivity index (χ1n) is 7.18. The van der Waals surface area contributed by atoms with Crippen molar-refractivity contribution in [2.24, 2.45) is 5.92 Å². The Morgan fingerprint density at radius 1 is 1.33 bits per heavy atom. The summed E-state index contributed by atoms with van der Waals surface area (Å²) in [6.07, 6.45) is 2.18. The van der Waals surface area contributed by atoms with Crippen LogP contribution in [0.3, 0.4) is 0 Å². The van der Waals surface area contributed by atoms with E-state index in [0.29, 0.717) is 6.42 Å². The second-order valence-corrected chi connectivity index (χ2v) is 5.59. The van der Waals surface area contributed by atoms with Crippen molar-refractivity contribution in [3.8, 4) is 0 Å². The van der Waals surface area contributed by atoms with Crippen LogP contribution in [0.4, 0.5) is 0 Å². The van der Waals surface area contributed by atoms with E-state index in [9.17, 15) is 14.4 Å². The van der Waals surface area contributed by atoms with E-state index < -0.39 is 17.9 Å². The summed E-state index contributed by atoms with van der Waals surface area (Å²) in [5.74, 6) is -1.13. The summed E-state index contributed by atoms with van der Waals surface area (Å²) in [6, 6.07) is -0.945. The first kappa shape index (κ1) is 17.4. The van der Waals surface area contributed by atoms with Crippen LogP contribution in [-0.4, -0.2) is 48.1 Å². The lowest BCUT2D eigenvalue weighted by Gasteiger charge is -2.21. The van der Waals surface area contributed by atoms with E-state index >= 15 is 0 Å². The highest BCUT2D eigenvalue weighted by molar-refractivity contribution is 5.91. The minimum absolute atomic E-state index is 0.195. The number of nitrogens with one attached hydrogen (secondary N) is 4. The Bertz CT molecular complexity index is 380. The first-order chi connectivity index (χ1) is 9.93. The highest BCUT2D eigenvalue weighted by atomic mass is 16.5. The summed E-state index contributed by atoms with van der Waals surface area (Å²) < 4.78 is 0. The zero-order valence-electron chi connectivity index (χ0n) is 12.4. The van der Waals surface area contributed by atoms with E-state index in [0.717, 1.165) is 19.4 Å². The molecule has 21 heavy (non-hydrogen) atoms. The van der Waals surface area contributed by atoms with Gasteiger partial charge in [0.15, 0.2) is 0 Å². The van der Waals surface area contributed by atoms with Crippen molar-refractivity contribution < 1.29 is 19.6 Å². The molecule has 120 valence electrons. The van der Waals surface area contributed by atoms with E-state index in [1.54, 1.807) is 0 Å². The molecular formula is C13H24N4O4. The largest absolute Gasteiger partial charge is 0.345 e. The van der Waals surface area contributed by atoms with Crippen LogP contribution < -0.4 is 21.4 Å². The number of amides is 3. The molecule has 0 saturated carbocycles. The molecule has 1 aliphatic heterocycles. The van der Waals surface area contributed by atoms with Crippen LogP contribution in [0.25, 0.3) is 0 Å². The maximum Gasteiger partial charge on any atom is 0.262 e. The average Bonchev–Trinajstić information content (AvgIpc) is 2.97. The first-order valence-corrected chi connectivity index (χ1v) is 7.18. The fourth-order valence-electron chi connectivity index (χ4n) is 2.21. The van der Waals surface area contributed by atoms with Crippen molar-refractivity contribution in [3.05, 3.63) is 0 Å². The fraction of sp³-hybridized carbons (Fsp3) is 0.769. The van der Waals surface area contributed by atoms with Crippen LogP contribution in [-0.2, 0) is 14.4 Å². The number of carbonyl (C=O) groups excluding carboxylic acids is 3. The molecule has 1 rings (SSSR count). The highest BCUT2D eigenvalue weighted by Crippen LogP contribution is 2.08. The summed E-state index contributed by atoms with van der Waals surface area (Å²) in [4.78, 5) is 35.0. The molecule has 5 N–H and O–H groups in total. The fourth-order valence-corrected chi connectivity index (χ4v) is 2.21. The average molecular weight is 300 g/mol. The van der Waals surface area contributed by atoms with Crippen LogP contribution in [0.5, 0.6) is 0 Å². The lowest BCUT2D eigenvalue weighted by molar-refractivity contribution is -0.133. The summed E-state index contributed by atoms with van der Waals surface area (Å²) in [5.41, 5.74) is 1.43. The van der Waals surface area contributed by atoms with Gasteiger partial charge >= 0.3 is 0 Å². The van der Waals surface area contributed by atoms with Crippen molar-refractivity contribution in [1.29, 1.82) is 0 Å². The smallest absolute Gasteiger partial charge is 0.262 e. The van der Waals surface area contributed by atoms with E-state index in [2.05, 4.69) is 16.0 Å². The minimum Gasteiger partial charge on any atom is -0.345 e. The molecule has 0 bridgehead atoms. The van der Waals surface area contributed by atoms with Crippen molar-refractivity contribution >= 4 is 17.7 Å². The molecular weight excluding hydrogens is 276 g/mol. The lowest BCUT2D eigenvalue weighted by atomic mass is 10.0. The van der Waals surface area contributed by atoms with Gasteiger partial charge in [-0.1, -0.05) is 13.8 Å². The Balaban J connectivity index is 2.55. The zero-order valence-corrected chi connectivity index (χ0v) is 12.4. The number of hydroxylamine groups is 1. The van der Waals surface area contributed by atoms with Gasteiger partial charge < -0.3 is 16.0 Å². The maximum atomic E-state index is 12.1. The molecule has 1 aliphatic rings. The molecule has 0 aromatic carbocycles. The number of hydrogen-bond donors (Lipinski definition) is 5. The summed E-state index contributed by atoms with van der Waals surface area (Å²) in [7, 11) is 0. The Hall–Kier alpha value is -1.67. The maximum absolute atomic E-state index is 12.1. The van der Waals surface area contributed by atoms with E-state index in [1.165, 1.54) is 5.48 Å². The van der Waals surface area contributed by atoms with Crippen molar-refractivity contribution in [3.63, 3.8) is 0 Å². The molecule has 1 heterocycles. The highest BCUT2D eigenvalue weighted by Gasteiger charge is 2.27. The van der Waals surface area contributed by atoms with E-state index in [1.807, 2.05) is 13.8 Å². The van der Waals surface area contributed by atoms with Gasteiger partial charge in [0, 0.05) is 0 Å².